The number of imidazole rings is 1. The SMILES string of the molecule is CCC(NC(=O)CCCNC(=O)c1ccc(Cl)cc1)c1ncc(-c2ccccc2)[nH]1. The predicted octanol–water partition coefficient (Wildman–Crippen LogP) is 4.51. The minimum Gasteiger partial charge on any atom is -0.352 e. The van der Waals surface area contributed by atoms with Gasteiger partial charge in [0.1, 0.15) is 5.82 Å². The quantitative estimate of drug-likeness (QED) is 0.442. The Morgan fingerprint density at radius 2 is 1.83 bits per heavy atom. The van der Waals surface area contributed by atoms with E-state index < -0.39 is 0 Å². The Labute approximate surface area is 181 Å². The third-order valence-corrected chi connectivity index (χ3v) is 4.98. The van der Waals surface area contributed by atoms with E-state index in [4.69, 9.17) is 11.6 Å². The van der Waals surface area contributed by atoms with Gasteiger partial charge in [-0.25, -0.2) is 4.98 Å². The van der Waals surface area contributed by atoms with Gasteiger partial charge in [0.05, 0.1) is 17.9 Å². The highest BCUT2D eigenvalue weighted by molar-refractivity contribution is 6.30. The Morgan fingerprint density at radius 1 is 1.10 bits per heavy atom. The van der Waals surface area contributed by atoms with Crippen LogP contribution in [0.15, 0.2) is 60.8 Å². The number of carbonyl (C=O) groups excluding carboxylic acids is 2. The third kappa shape index (κ3) is 5.94. The largest absolute Gasteiger partial charge is 0.352 e. The topological polar surface area (TPSA) is 86.9 Å². The van der Waals surface area contributed by atoms with Gasteiger partial charge in [-0.15, -0.1) is 0 Å². The van der Waals surface area contributed by atoms with Crippen molar-refractivity contribution in [1.29, 1.82) is 0 Å². The Hall–Kier alpha value is -3.12. The second-order valence-corrected chi connectivity index (χ2v) is 7.38. The lowest BCUT2D eigenvalue weighted by Crippen LogP contribution is -2.30. The molecule has 0 saturated heterocycles. The summed E-state index contributed by atoms with van der Waals surface area (Å²) in [7, 11) is 0. The summed E-state index contributed by atoms with van der Waals surface area (Å²) in [5, 5.41) is 6.41. The molecular weight excluding hydrogens is 400 g/mol. The number of rotatable bonds is 9. The monoisotopic (exact) mass is 424 g/mol. The van der Waals surface area contributed by atoms with Crippen molar-refractivity contribution in [3.63, 3.8) is 0 Å². The van der Waals surface area contributed by atoms with E-state index in [-0.39, 0.29) is 17.9 Å². The zero-order valence-corrected chi connectivity index (χ0v) is 17.6. The smallest absolute Gasteiger partial charge is 0.251 e. The number of aromatic amines is 1. The molecule has 2 aromatic carbocycles. The normalized spacial score (nSPS) is 11.7. The molecule has 0 bridgehead atoms. The van der Waals surface area contributed by atoms with Crippen LogP contribution in [-0.4, -0.2) is 28.3 Å². The summed E-state index contributed by atoms with van der Waals surface area (Å²) >= 11 is 5.83. The molecule has 1 heterocycles. The van der Waals surface area contributed by atoms with E-state index in [0.717, 1.165) is 23.5 Å². The molecule has 0 saturated carbocycles. The number of hydrogen-bond donors (Lipinski definition) is 3. The van der Waals surface area contributed by atoms with Crippen LogP contribution in [0.5, 0.6) is 0 Å². The van der Waals surface area contributed by atoms with Gasteiger partial charge in [-0.05, 0) is 42.7 Å². The fraction of sp³-hybridized carbons (Fsp3) is 0.261. The van der Waals surface area contributed by atoms with Crippen molar-refractivity contribution >= 4 is 23.4 Å². The third-order valence-electron chi connectivity index (χ3n) is 4.73. The van der Waals surface area contributed by atoms with E-state index in [1.54, 1.807) is 30.5 Å². The van der Waals surface area contributed by atoms with Gasteiger partial charge < -0.3 is 15.6 Å². The lowest BCUT2D eigenvalue weighted by molar-refractivity contribution is -0.122. The van der Waals surface area contributed by atoms with Gasteiger partial charge in [-0.3, -0.25) is 9.59 Å². The highest BCUT2D eigenvalue weighted by Gasteiger charge is 2.16. The van der Waals surface area contributed by atoms with Crippen molar-refractivity contribution in [2.45, 2.75) is 32.2 Å². The first-order chi connectivity index (χ1) is 14.6. The van der Waals surface area contributed by atoms with Crippen LogP contribution < -0.4 is 10.6 Å². The summed E-state index contributed by atoms with van der Waals surface area (Å²) in [5.74, 6) is 0.489. The fourth-order valence-corrected chi connectivity index (χ4v) is 3.19. The van der Waals surface area contributed by atoms with Gasteiger partial charge >= 0.3 is 0 Å². The summed E-state index contributed by atoms with van der Waals surface area (Å²) in [5.41, 5.74) is 2.51. The van der Waals surface area contributed by atoms with E-state index >= 15 is 0 Å². The summed E-state index contributed by atoms with van der Waals surface area (Å²) in [6.45, 7) is 2.42. The Morgan fingerprint density at radius 3 is 2.53 bits per heavy atom. The van der Waals surface area contributed by atoms with Gasteiger partial charge in [0.25, 0.3) is 5.91 Å². The van der Waals surface area contributed by atoms with Gasteiger partial charge in [-0.1, -0.05) is 48.9 Å². The molecule has 7 heteroatoms. The molecule has 0 radical (unpaired) electrons. The average molecular weight is 425 g/mol. The van der Waals surface area contributed by atoms with E-state index in [0.29, 0.717) is 30.0 Å². The first-order valence-corrected chi connectivity index (χ1v) is 10.4. The molecular formula is C23H25ClN4O2. The molecule has 3 aromatic rings. The van der Waals surface area contributed by atoms with Crippen LogP contribution in [0.25, 0.3) is 11.3 Å². The molecule has 1 atom stereocenters. The molecule has 6 nitrogen and oxygen atoms in total. The van der Waals surface area contributed by atoms with Crippen LogP contribution in [0.1, 0.15) is 48.4 Å². The summed E-state index contributed by atoms with van der Waals surface area (Å²) in [4.78, 5) is 32.1. The Balaban J connectivity index is 1.45. The summed E-state index contributed by atoms with van der Waals surface area (Å²) < 4.78 is 0. The number of nitrogens with zero attached hydrogens (tertiary/aromatic N) is 1. The van der Waals surface area contributed by atoms with Crippen LogP contribution >= 0.6 is 11.6 Å². The van der Waals surface area contributed by atoms with Crippen molar-refractivity contribution in [3.8, 4) is 11.3 Å². The van der Waals surface area contributed by atoms with Crippen LogP contribution in [0.3, 0.4) is 0 Å². The predicted molar refractivity (Wildman–Crippen MR) is 118 cm³/mol. The van der Waals surface area contributed by atoms with Gasteiger partial charge in [0.2, 0.25) is 5.91 Å². The maximum Gasteiger partial charge on any atom is 0.251 e. The van der Waals surface area contributed by atoms with E-state index in [1.807, 2.05) is 37.3 Å². The fourth-order valence-electron chi connectivity index (χ4n) is 3.06. The standard InChI is InChI=1S/C23H25ClN4O2/c1-2-19(22-26-15-20(28-22)16-7-4-3-5-8-16)27-21(29)9-6-14-25-23(30)17-10-12-18(24)13-11-17/h3-5,7-8,10-13,15,19H,2,6,9,14H2,1H3,(H,25,30)(H,26,28)(H,27,29). The van der Waals surface area contributed by atoms with Gasteiger partial charge in [0.15, 0.2) is 0 Å². The van der Waals surface area contributed by atoms with Crippen molar-refractivity contribution in [1.82, 2.24) is 20.6 Å². The van der Waals surface area contributed by atoms with Crippen LogP contribution in [0.2, 0.25) is 5.02 Å². The molecule has 0 aliphatic rings. The number of nitrogens with one attached hydrogen (secondary N) is 3. The van der Waals surface area contributed by atoms with Gasteiger partial charge in [-0.2, -0.15) is 0 Å². The maximum absolute atomic E-state index is 12.3. The molecule has 1 aromatic heterocycles. The molecule has 156 valence electrons. The number of benzene rings is 2. The first-order valence-electron chi connectivity index (χ1n) is 10.00. The number of carbonyl (C=O) groups is 2. The number of hydrogen-bond acceptors (Lipinski definition) is 3. The minimum absolute atomic E-state index is 0.0692. The highest BCUT2D eigenvalue weighted by Crippen LogP contribution is 2.20. The summed E-state index contributed by atoms with van der Waals surface area (Å²) in [6, 6.07) is 16.4. The number of amides is 2. The lowest BCUT2D eigenvalue weighted by Gasteiger charge is -2.15. The van der Waals surface area contributed by atoms with E-state index in [9.17, 15) is 9.59 Å². The highest BCUT2D eigenvalue weighted by atomic mass is 35.5. The van der Waals surface area contributed by atoms with Crippen molar-refractivity contribution < 1.29 is 9.59 Å². The molecule has 2 amide bonds. The number of aromatic nitrogens is 2. The molecule has 3 N–H and O–H groups in total. The van der Waals surface area contributed by atoms with Crippen molar-refractivity contribution in [2.75, 3.05) is 6.54 Å². The molecule has 1 unspecified atom stereocenters. The lowest BCUT2D eigenvalue weighted by atomic mass is 10.1. The number of H-pyrrole nitrogens is 1. The van der Waals surface area contributed by atoms with Crippen molar-refractivity contribution in [3.05, 3.63) is 77.2 Å². The molecule has 30 heavy (non-hydrogen) atoms. The number of halogens is 1. The average Bonchev–Trinajstić information content (AvgIpc) is 3.26. The van der Waals surface area contributed by atoms with Crippen molar-refractivity contribution in [2.24, 2.45) is 0 Å². The molecule has 0 aliphatic heterocycles. The van der Waals surface area contributed by atoms with E-state index in [2.05, 4.69) is 20.6 Å². The van der Waals surface area contributed by atoms with Crippen LogP contribution in [-0.2, 0) is 4.79 Å². The second-order valence-electron chi connectivity index (χ2n) is 6.94. The molecule has 0 fully saturated rings. The minimum atomic E-state index is -0.182. The van der Waals surface area contributed by atoms with Gasteiger partial charge in [0, 0.05) is 23.6 Å². The van der Waals surface area contributed by atoms with Crippen LogP contribution in [0.4, 0.5) is 0 Å². The summed E-state index contributed by atoms with van der Waals surface area (Å²) in [6.07, 6.45) is 3.38. The zero-order valence-electron chi connectivity index (χ0n) is 16.8. The Bertz CT molecular complexity index is 970. The second kappa shape index (κ2) is 10.6. The maximum atomic E-state index is 12.3. The zero-order chi connectivity index (χ0) is 21.3. The Kier molecular flexibility index (Phi) is 7.63. The first kappa shape index (κ1) is 21.6. The van der Waals surface area contributed by atoms with Crippen LogP contribution in [0, 0.1) is 0 Å². The molecule has 3 rings (SSSR count). The van der Waals surface area contributed by atoms with E-state index in [1.165, 1.54) is 0 Å². The molecule has 0 aliphatic carbocycles. The molecule has 0 spiro atoms.